The minimum atomic E-state index is -2.57. The number of carboxylic acid groups (broad SMARTS) is 1. The molecule has 3 heterocycles. The van der Waals surface area contributed by atoms with Gasteiger partial charge in [-0.1, -0.05) is 30.3 Å². The average molecular weight is 426 g/mol. The van der Waals surface area contributed by atoms with Crippen LogP contribution in [-0.2, 0) is 13.0 Å². The van der Waals surface area contributed by atoms with Crippen LogP contribution in [0.3, 0.4) is 0 Å². The van der Waals surface area contributed by atoms with E-state index < -0.39 is 11.9 Å². The van der Waals surface area contributed by atoms with E-state index in [0.717, 1.165) is 16.8 Å². The number of pyridine rings is 1. The molecule has 0 aliphatic carbocycles. The monoisotopic (exact) mass is 426 g/mol. The first-order valence-corrected chi connectivity index (χ1v) is 10.3. The third-order valence-corrected chi connectivity index (χ3v) is 5.74. The number of aromatic nitrogens is 3. The van der Waals surface area contributed by atoms with Crippen molar-refractivity contribution in [3.63, 3.8) is 0 Å². The number of hydrogen-bond donors (Lipinski definition) is 1. The summed E-state index contributed by atoms with van der Waals surface area (Å²) in [6.07, 6.45) is 4.94. The van der Waals surface area contributed by atoms with Gasteiger partial charge in [-0.3, -0.25) is 9.67 Å². The summed E-state index contributed by atoms with van der Waals surface area (Å²) in [7, 11) is 0. The Bertz CT molecular complexity index is 1040. The van der Waals surface area contributed by atoms with Gasteiger partial charge in [-0.05, 0) is 17.2 Å². The molecule has 1 fully saturated rings. The Kier molecular flexibility index (Phi) is 6.08. The van der Waals surface area contributed by atoms with Crippen LogP contribution in [0.5, 0.6) is 0 Å². The number of carbonyl (C=O) groups is 1. The number of alkyl halides is 2. The topological polar surface area (TPSA) is 71.2 Å². The van der Waals surface area contributed by atoms with E-state index in [1.807, 2.05) is 39.9 Å². The third-order valence-electron chi connectivity index (χ3n) is 5.74. The zero-order valence-corrected chi connectivity index (χ0v) is 17.0. The SMILES string of the molecule is O=C(O)c1ccncc1Cc1c(-c2ccccc2)cnn1CCN1CCC(F)(F)CC1. The van der Waals surface area contributed by atoms with Crippen LogP contribution in [0.2, 0.25) is 0 Å². The van der Waals surface area contributed by atoms with E-state index in [0.29, 0.717) is 38.2 Å². The Labute approximate surface area is 179 Å². The molecule has 0 bridgehead atoms. The van der Waals surface area contributed by atoms with Gasteiger partial charge in [0.1, 0.15) is 0 Å². The van der Waals surface area contributed by atoms with Gasteiger partial charge >= 0.3 is 5.97 Å². The number of halogens is 2. The van der Waals surface area contributed by atoms with Crippen molar-refractivity contribution < 1.29 is 18.7 Å². The normalized spacial score (nSPS) is 16.3. The molecule has 0 saturated carbocycles. The second-order valence-electron chi connectivity index (χ2n) is 7.81. The van der Waals surface area contributed by atoms with Gasteiger partial charge in [-0.15, -0.1) is 0 Å². The fourth-order valence-corrected chi connectivity index (χ4v) is 3.95. The van der Waals surface area contributed by atoms with Crippen LogP contribution < -0.4 is 0 Å². The van der Waals surface area contributed by atoms with Gasteiger partial charge in [0.15, 0.2) is 0 Å². The van der Waals surface area contributed by atoms with E-state index in [-0.39, 0.29) is 18.4 Å². The molecule has 162 valence electrons. The molecule has 3 aromatic rings. The highest BCUT2D eigenvalue weighted by Gasteiger charge is 2.33. The van der Waals surface area contributed by atoms with Crippen LogP contribution in [0.25, 0.3) is 11.1 Å². The second-order valence-corrected chi connectivity index (χ2v) is 7.81. The number of rotatable bonds is 7. The lowest BCUT2D eigenvalue weighted by Crippen LogP contribution is -2.40. The predicted octanol–water partition coefficient (Wildman–Crippen LogP) is 3.97. The molecule has 8 heteroatoms. The summed E-state index contributed by atoms with van der Waals surface area (Å²) in [4.78, 5) is 17.8. The summed E-state index contributed by atoms with van der Waals surface area (Å²) < 4.78 is 28.7. The summed E-state index contributed by atoms with van der Waals surface area (Å²) >= 11 is 0. The minimum Gasteiger partial charge on any atom is -0.478 e. The number of aromatic carboxylic acids is 1. The number of hydrogen-bond acceptors (Lipinski definition) is 4. The standard InChI is InChI=1S/C23H24F2N4O2/c24-23(25)7-10-28(11-8-23)12-13-29-21(14-18-15-26-9-6-19(18)22(30)31)20(16-27-29)17-4-2-1-3-5-17/h1-6,9,15-16H,7-8,10-14H2,(H,30,31). The van der Waals surface area contributed by atoms with Crippen LogP contribution >= 0.6 is 0 Å². The lowest BCUT2D eigenvalue weighted by molar-refractivity contribution is -0.0555. The molecule has 0 atom stereocenters. The van der Waals surface area contributed by atoms with E-state index in [1.54, 1.807) is 12.4 Å². The van der Waals surface area contributed by atoms with Crippen LogP contribution in [0.1, 0.15) is 34.5 Å². The zero-order valence-electron chi connectivity index (χ0n) is 17.0. The lowest BCUT2D eigenvalue weighted by Gasteiger charge is -2.31. The largest absolute Gasteiger partial charge is 0.478 e. The Balaban J connectivity index is 1.60. The molecular weight excluding hydrogens is 402 g/mol. The molecular formula is C23H24F2N4O2. The Morgan fingerprint density at radius 2 is 1.81 bits per heavy atom. The van der Waals surface area contributed by atoms with Gasteiger partial charge in [-0.25, -0.2) is 13.6 Å². The van der Waals surface area contributed by atoms with Gasteiger partial charge in [0.25, 0.3) is 5.92 Å². The molecule has 1 N–H and O–H groups in total. The van der Waals surface area contributed by atoms with Gasteiger partial charge in [-0.2, -0.15) is 5.10 Å². The summed E-state index contributed by atoms with van der Waals surface area (Å²) in [6, 6.07) is 11.3. The van der Waals surface area contributed by atoms with Crippen molar-refractivity contribution in [2.24, 2.45) is 0 Å². The first-order chi connectivity index (χ1) is 14.9. The quantitative estimate of drug-likeness (QED) is 0.619. The highest BCUT2D eigenvalue weighted by molar-refractivity contribution is 5.89. The van der Waals surface area contributed by atoms with Crippen molar-refractivity contribution in [2.45, 2.75) is 31.7 Å². The van der Waals surface area contributed by atoms with E-state index in [9.17, 15) is 18.7 Å². The number of nitrogens with zero attached hydrogens (tertiary/aromatic N) is 4. The lowest BCUT2D eigenvalue weighted by atomic mass is 9.99. The van der Waals surface area contributed by atoms with Crippen molar-refractivity contribution in [1.82, 2.24) is 19.7 Å². The van der Waals surface area contributed by atoms with Gasteiger partial charge in [0.2, 0.25) is 0 Å². The zero-order chi connectivity index (χ0) is 21.8. The molecule has 1 aromatic carbocycles. The summed E-state index contributed by atoms with van der Waals surface area (Å²) in [5.74, 6) is -3.57. The van der Waals surface area contributed by atoms with E-state index in [2.05, 4.69) is 10.1 Å². The minimum absolute atomic E-state index is 0.119. The first kappa shape index (κ1) is 21.1. The predicted molar refractivity (Wildman–Crippen MR) is 112 cm³/mol. The average Bonchev–Trinajstić information content (AvgIpc) is 3.16. The molecule has 31 heavy (non-hydrogen) atoms. The molecule has 2 aromatic heterocycles. The van der Waals surface area contributed by atoms with Crippen molar-refractivity contribution in [1.29, 1.82) is 0 Å². The molecule has 0 radical (unpaired) electrons. The molecule has 1 aliphatic rings. The summed E-state index contributed by atoms with van der Waals surface area (Å²) in [6.45, 7) is 1.87. The van der Waals surface area contributed by atoms with Gasteiger partial charge < -0.3 is 10.0 Å². The second kappa shape index (κ2) is 8.93. The molecule has 6 nitrogen and oxygen atoms in total. The summed E-state index contributed by atoms with van der Waals surface area (Å²) in [5, 5.41) is 14.1. The first-order valence-electron chi connectivity index (χ1n) is 10.3. The van der Waals surface area contributed by atoms with Crippen molar-refractivity contribution in [3.8, 4) is 11.1 Å². The maximum absolute atomic E-state index is 13.4. The number of benzene rings is 1. The van der Waals surface area contributed by atoms with Crippen molar-refractivity contribution in [2.75, 3.05) is 19.6 Å². The van der Waals surface area contributed by atoms with E-state index >= 15 is 0 Å². The van der Waals surface area contributed by atoms with Gasteiger partial charge in [0, 0.05) is 56.9 Å². The van der Waals surface area contributed by atoms with Gasteiger partial charge in [0.05, 0.1) is 24.0 Å². The van der Waals surface area contributed by atoms with E-state index in [4.69, 9.17) is 0 Å². The number of likely N-dealkylation sites (tertiary alicyclic amines) is 1. The molecule has 0 spiro atoms. The number of piperidine rings is 1. The Morgan fingerprint density at radius 1 is 1.06 bits per heavy atom. The van der Waals surface area contributed by atoms with Crippen LogP contribution in [0.15, 0.2) is 55.0 Å². The third kappa shape index (κ3) is 4.96. The van der Waals surface area contributed by atoms with Crippen LogP contribution in [-0.4, -0.2) is 56.3 Å². The Hall–Kier alpha value is -3.13. The van der Waals surface area contributed by atoms with Crippen molar-refractivity contribution >= 4 is 5.97 Å². The fourth-order valence-electron chi connectivity index (χ4n) is 3.95. The maximum atomic E-state index is 13.4. The fraction of sp³-hybridized carbons (Fsp3) is 0.348. The molecule has 1 saturated heterocycles. The molecule has 0 unspecified atom stereocenters. The van der Waals surface area contributed by atoms with E-state index in [1.165, 1.54) is 12.3 Å². The molecule has 0 amide bonds. The highest BCUT2D eigenvalue weighted by atomic mass is 19.3. The maximum Gasteiger partial charge on any atom is 0.336 e. The van der Waals surface area contributed by atoms with Crippen LogP contribution in [0, 0.1) is 0 Å². The molecule has 4 rings (SSSR count). The Morgan fingerprint density at radius 3 is 2.52 bits per heavy atom. The van der Waals surface area contributed by atoms with Crippen molar-refractivity contribution in [3.05, 3.63) is 71.8 Å². The molecule has 1 aliphatic heterocycles. The smallest absolute Gasteiger partial charge is 0.336 e. The van der Waals surface area contributed by atoms with Crippen LogP contribution in [0.4, 0.5) is 8.78 Å². The summed E-state index contributed by atoms with van der Waals surface area (Å²) in [5.41, 5.74) is 3.60. The number of carboxylic acids is 1. The highest BCUT2D eigenvalue weighted by Crippen LogP contribution is 2.29.